The predicted molar refractivity (Wildman–Crippen MR) is 83.4 cm³/mol. The van der Waals surface area contributed by atoms with Gasteiger partial charge in [-0.15, -0.1) is 5.10 Å². The molecule has 0 radical (unpaired) electrons. The van der Waals surface area contributed by atoms with Gasteiger partial charge in [0.2, 0.25) is 0 Å². The van der Waals surface area contributed by atoms with Gasteiger partial charge in [0.25, 0.3) is 5.91 Å². The molecule has 1 aromatic carbocycles. The zero-order valence-corrected chi connectivity index (χ0v) is 12.9. The van der Waals surface area contributed by atoms with Gasteiger partial charge < -0.3 is 4.90 Å². The average Bonchev–Trinajstić information content (AvgIpc) is 3.35. The molecule has 1 saturated heterocycles. The molecule has 0 unspecified atom stereocenters. The van der Waals surface area contributed by atoms with Crippen LogP contribution in [0.15, 0.2) is 43.2 Å². The van der Waals surface area contributed by atoms with Gasteiger partial charge in [-0.2, -0.15) is 9.78 Å². The molecule has 0 spiro atoms. The van der Waals surface area contributed by atoms with E-state index >= 15 is 0 Å². The van der Waals surface area contributed by atoms with Crippen LogP contribution < -0.4 is 0 Å². The second kappa shape index (κ2) is 6.19. The molecule has 0 aliphatic carbocycles. The first-order valence-corrected chi connectivity index (χ1v) is 7.79. The number of tetrazole rings is 1. The topological polar surface area (TPSA) is 94.6 Å². The van der Waals surface area contributed by atoms with Crippen molar-refractivity contribution < 1.29 is 4.79 Å². The van der Waals surface area contributed by atoms with Crippen LogP contribution in [0.4, 0.5) is 0 Å². The molecule has 1 aliphatic rings. The minimum absolute atomic E-state index is 0.0223. The third-order valence-corrected chi connectivity index (χ3v) is 4.22. The highest BCUT2D eigenvalue weighted by Gasteiger charge is 2.27. The van der Waals surface area contributed by atoms with Crippen LogP contribution in [0.3, 0.4) is 0 Å². The summed E-state index contributed by atoms with van der Waals surface area (Å²) < 4.78 is 3.33. The maximum atomic E-state index is 13.0. The Hall–Kier alpha value is -3.10. The standard InChI is InChI=1S/C15H16N8O/c24-15(13-5-1-2-6-14(13)23-11-17-19-20-23)21-7-3-4-12(8-21)22-10-16-9-18-22/h1-2,5-6,9-12H,3-4,7-8H2/t12-/m0/s1. The Morgan fingerprint density at radius 2 is 2.12 bits per heavy atom. The lowest BCUT2D eigenvalue weighted by Crippen LogP contribution is -2.41. The van der Waals surface area contributed by atoms with Crippen LogP contribution in [0, 0.1) is 0 Å². The van der Waals surface area contributed by atoms with Gasteiger partial charge in [0, 0.05) is 13.1 Å². The van der Waals surface area contributed by atoms with E-state index in [9.17, 15) is 4.79 Å². The molecule has 122 valence electrons. The van der Waals surface area contributed by atoms with Crippen molar-refractivity contribution in [2.45, 2.75) is 18.9 Å². The predicted octanol–water partition coefficient (Wildman–Crippen LogP) is 0.731. The normalized spacial score (nSPS) is 17.8. The first-order chi connectivity index (χ1) is 11.8. The average molecular weight is 324 g/mol. The minimum Gasteiger partial charge on any atom is -0.336 e. The molecule has 1 atom stereocenters. The van der Waals surface area contributed by atoms with Crippen molar-refractivity contribution in [1.29, 1.82) is 0 Å². The van der Waals surface area contributed by atoms with Crippen LogP contribution in [0.25, 0.3) is 5.69 Å². The van der Waals surface area contributed by atoms with E-state index in [1.165, 1.54) is 17.3 Å². The monoisotopic (exact) mass is 324 g/mol. The number of aromatic nitrogens is 7. The molecule has 3 heterocycles. The lowest BCUT2D eigenvalue weighted by Gasteiger charge is -2.33. The Kier molecular flexibility index (Phi) is 3.73. The first-order valence-electron chi connectivity index (χ1n) is 7.79. The van der Waals surface area contributed by atoms with E-state index in [0.29, 0.717) is 17.8 Å². The maximum absolute atomic E-state index is 13.0. The Labute approximate surface area is 137 Å². The number of likely N-dealkylation sites (tertiary alicyclic amines) is 1. The fraction of sp³-hybridized carbons (Fsp3) is 0.333. The molecule has 24 heavy (non-hydrogen) atoms. The Morgan fingerprint density at radius 1 is 1.21 bits per heavy atom. The smallest absolute Gasteiger partial charge is 0.256 e. The fourth-order valence-corrected chi connectivity index (χ4v) is 3.06. The van der Waals surface area contributed by atoms with Gasteiger partial charge in [-0.05, 0) is 35.4 Å². The van der Waals surface area contributed by atoms with E-state index in [2.05, 4.69) is 25.6 Å². The quantitative estimate of drug-likeness (QED) is 0.705. The number of piperidine rings is 1. The van der Waals surface area contributed by atoms with Gasteiger partial charge in [-0.25, -0.2) is 9.67 Å². The largest absolute Gasteiger partial charge is 0.336 e. The van der Waals surface area contributed by atoms with Crippen molar-refractivity contribution in [1.82, 2.24) is 39.9 Å². The van der Waals surface area contributed by atoms with Crippen LogP contribution in [0.2, 0.25) is 0 Å². The molecule has 1 fully saturated rings. The molecule has 9 nitrogen and oxygen atoms in total. The van der Waals surface area contributed by atoms with Crippen LogP contribution >= 0.6 is 0 Å². The highest BCUT2D eigenvalue weighted by atomic mass is 16.2. The molecule has 9 heteroatoms. The van der Waals surface area contributed by atoms with Crippen LogP contribution in [-0.2, 0) is 0 Å². The number of carbonyl (C=O) groups is 1. The van der Waals surface area contributed by atoms with Crippen molar-refractivity contribution in [2.24, 2.45) is 0 Å². The number of nitrogens with zero attached hydrogens (tertiary/aromatic N) is 8. The van der Waals surface area contributed by atoms with Gasteiger partial charge in [0.05, 0.1) is 17.3 Å². The van der Waals surface area contributed by atoms with Gasteiger partial charge >= 0.3 is 0 Å². The minimum atomic E-state index is -0.0223. The fourth-order valence-electron chi connectivity index (χ4n) is 3.06. The lowest BCUT2D eigenvalue weighted by molar-refractivity contribution is 0.0672. The molecule has 3 aromatic rings. The molecule has 0 bridgehead atoms. The number of amides is 1. The molecule has 1 aliphatic heterocycles. The van der Waals surface area contributed by atoms with E-state index in [0.717, 1.165) is 19.4 Å². The number of benzene rings is 1. The number of rotatable bonds is 3. The van der Waals surface area contributed by atoms with Crippen molar-refractivity contribution >= 4 is 5.91 Å². The summed E-state index contributed by atoms with van der Waals surface area (Å²) in [4.78, 5) is 18.9. The Morgan fingerprint density at radius 3 is 2.92 bits per heavy atom. The second-order valence-corrected chi connectivity index (χ2v) is 5.69. The third-order valence-electron chi connectivity index (χ3n) is 4.22. The summed E-state index contributed by atoms with van der Waals surface area (Å²) in [5, 5.41) is 15.4. The van der Waals surface area contributed by atoms with Gasteiger partial charge in [-0.1, -0.05) is 12.1 Å². The summed E-state index contributed by atoms with van der Waals surface area (Å²) in [5.74, 6) is -0.0223. The van der Waals surface area contributed by atoms with Gasteiger partial charge in [0.1, 0.15) is 19.0 Å². The number of hydrogen-bond donors (Lipinski definition) is 0. The number of hydrogen-bond acceptors (Lipinski definition) is 6. The molecule has 4 rings (SSSR count). The Balaban J connectivity index is 1.60. The van der Waals surface area contributed by atoms with Crippen molar-refractivity contribution in [3.05, 3.63) is 48.8 Å². The maximum Gasteiger partial charge on any atom is 0.256 e. The lowest BCUT2D eigenvalue weighted by atomic mass is 10.0. The first kappa shape index (κ1) is 14.5. The number of carbonyl (C=O) groups excluding carboxylic acids is 1. The molecular weight excluding hydrogens is 308 g/mol. The summed E-state index contributed by atoms with van der Waals surface area (Å²) in [6, 6.07) is 7.51. The third kappa shape index (κ3) is 2.64. The van der Waals surface area contributed by atoms with Crippen molar-refractivity contribution in [3.63, 3.8) is 0 Å². The SMILES string of the molecule is O=C(c1ccccc1-n1cnnn1)N1CCC[C@H](n2cncn2)C1. The van der Waals surface area contributed by atoms with Gasteiger partial charge in [0.15, 0.2) is 0 Å². The molecular formula is C15H16N8O. The van der Waals surface area contributed by atoms with Crippen molar-refractivity contribution in [2.75, 3.05) is 13.1 Å². The zero-order chi connectivity index (χ0) is 16.4. The molecule has 2 aromatic heterocycles. The van der Waals surface area contributed by atoms with Crippen LogP contribution in [0.1, 0.15) is 29.2 Å². The summed E-state index contributed by atoms with van der Waals surface area (Å²) in [6.45, 7) is 1.35. The van der Waals surface area contributed by atoms with Crippen LogP contribution in [-0.4, -0.2) is 58.9 Å². The summed E-state index contributed by atoms with van der Waals surface area (Å²) in [5.41, 5.74) is 1.26. The zero-order valence-electron chi connectivity index (χ0n) is 12.9. The highest BCUT2D eigenvalue weighted by Crippen LogP contribution is 2.23. The van der Waals surface area contributed by atoms with E-state index in [1.807, 2.05) is 27.8 Å². The summed E-state index contributed by atoms with van der Waals surface area (Å²) in [6.07, 6.45) is 6.63. The van der Waals surface area contributed by atoms with Gasteiger partial charge in [-0.3, -0.25) is 4.79 Å². The summed E-state index contributed by atoms with van der Waals surface area (Å²) in [7, 11) is 0. The Bertz CT molecular complexity index is 814. The molecule has 1 amide bonds. The van der Waals surface area contributed by atoms with E-state index in [-0.39, 0.29) is 11.9 Å². The summed E-state index contributed by atoms with van der Waals surface area (Å²) >= 11 is 0. The molecule has 0 saturated carbocycles. The highest BCUT2D eigenvalue weighted by molar-refractivity contribution is 5.97. The van der Waals surface area contributed by atoms with E-state index in [1.54, 1.807) is 12.4 Å². The van der Waals surface area contributed by atoms with Crippen LogP contribution in [0.5, 0.6) is 0 Å². The number of para-hydroxylation sites is 1. The van der Waals surface area contributed by atoms with Crippen molar-refractivity contribution in [3.8, 4) is 5.69 Å². The molecule has 0 N–H and O–H groups in total. The van der Waals surface area contributed by atoms with E-state index in [4.69, 9.17) is 0 Å². The van der Waals surface area contributed by atoms with E-state index < -0.39 is 0 Å². The second-order valence-electron chi connectivity index (χ2n) is 5.69.